The van der Waals surface area contributed by atoms with Crippen molar-refractivity contribution in [3.63, 3.8) is 0 Å². The van der Waals surface area contributed by atoms with E-state index < -0.39 is 0 Å². The minimum Gasteiger partial charge on any atom is -0.376 e. The molecule has 88 valence electrons. The van der Waals surface area contributed by atoms with Crippen molar-refractivity contribution >= 4 is 5.82 Å². The van der Waals surface area contributed by atoms with Crippen LogP contribution in [-0.2, 0) is 4.74 Å². The van der Waals surface area contributed by atoms with Crippen molar-refractivity contribution in [2.75, 3.05) is 11.9 Å². The van der Waals surface area contributed by atoms with Crippen LogP contribution in [0.4, 0.5) is 5.82 Å². The van der Waals surface area contributed by atoms with Crippen LogP contribution < -0.4 is 11.1 Å². The van der Waals surface area contributed by atoms with E-state index in [0.29, 0.717) is 17.4 Å². The average Bonchev–Trinajstić information content (AvgIpc) is 2.81. The first-order chi connectivity index (χ1) is 8.31. The van der Waals surface area contributed by atoms with Gasteiger partial charge in [0, 0.05) is 31.0 Å². The number of ether oxygens (including phenoxy) is 1. The van der Waals surface area contributed by atoms with Crippen LogP contribution in [0.15, 0.2) is 12.4 Å². The summed E-state index contributed by atoms with van der Waals surface area (Å²) in [5, 5.41) is 12.1. The average molecular weight is 231 g/mol. The lowest BCUT2D eigenvalue weighted by molar-refractivity contribution is 0.00522. The molecule has 1 aliphatic heterocycles. The maximum atomic E-state index is 8.92. The van der Waals surface area contributed by atoms with E-state index in [1.807, 2.05) is 6.07 Å². The molecule has 2 aliphatic rings. The van der Waals surface area contributed by atoms with Crippen molar-refractivity contribution in [2.45, 2.75) is 24.6 Å². The van der Waals surface area contributed by atoms with Crippen molar-refractivity contribution in [1.29, 1.82) is 5.26 Å². The summed E-state index contributed by atoms with van der Waals surface area (Å²) in [7, 11) is 0. The lowest BCUT2D eigenvalue weighted by Crippen LogP contribution is -2.65. The predicted molar refractivity (Wildman–Crippen MR) is 60.0 cm³/mol. The quantitative estimate of drug-likeness (QED) is 0.736. The SMILES string of the molecule is N#Cc1nccnc1NC1C(N)C2CCOC21. The molecule has 1 saturated heterocycles. The van der Waals surface area contributed by atoms with E-state index >= 15 is 0 Å². The second-order valence-electron chi connectivity index (χ2n) is 4.40. The first-order valence-electron chi connectivity index (χ1n) is 5.66. The number of hydrogen-bond acceptors (Lipinski definition) is 6. The van der Waals surface area contributed by atoms with Gasteiger partial charge in [0.05, 0.1) is 12.1 Å². The van der Waals surface area contributed by atoms with E-state index in [1.165, 1.54) is 6.20 Å². The Labute approximate surface area is 98.8 Å². The van der Waals surface area contributed by atoms with Crippen LogP contribution in [0.3, 0.4) is 0 Å². The third-order valence-corrected chi connectivity index (χ3v) is 3.55. The van der Waals surface area contributed by atoms with Gasteiger partial charge in [-0.1, -0.05) is 0 Å². The zero-order chi connectivity index (χ0) is 11.8. The Bertz CT molecular complexity index is 471. The summed E-state index contributed by atoms with van der Waals surface area (Å²) >= 11 is 0. The minimum absolute atomic E-state index is 0.0336. The lowest BCUT2D eigenvalue weighted by Gasteiger charge is -2.45. The molecule has 3 N–H and O–H groups in total. The number of nitrogens with one attached hydrogen (secondary N) is 1. The minimum atomic E-state index is 0.0336. The molecule has 2 heterocycles. The van der Waals surface area contributed by atoms with Crippen LogP contribution >= 0.6 is 0 Å². The standard InChI is InChI=1S/C11H13N5O/c12-5-7-11(15-3-2-14-7)16-9-8(13)6-1-4-17-10(6)9/h2-3,6,8-10H,1,4,13H2,(H,15,16). The molecule has 0 radical (unpaired) electrons. The Morgan fingerprint density at radius 1 is 1.47 bits per heavy atom. The summed E-state index contributed by atoms with van der Waals surface area (Å²) in [4.78, 5) is 8.06. The number of nitrogens with two attached hydrogens (primary N) is 1. The molecule has 4 atom stereocenters. The van der Waals surface area contributed by atoms with Crippen molar-refractivity contribution in [2.24, 2.45) is 11.7 Å². The highest BCUT2D eigenvalue weighted by Crippen LogP contribution is 2.39. The molecule has 2 fully saturated rings. The summed E-state index contributed by atoms with van der Waals surface area (Å²) < 4.78 is 5.61. The number of anilines is 1. The van der Waals surface area contributed by atoms with Crippen molar-refractivity contribution in [3.05, 3.63) is 18.1 Å². The second-order valence-corrected chi connectivity index (χ2v) is 4.40. The van der Waals surface area contributed by atoms with Gasteiger partial charge < -0.3 is 15.8 Å². The monoisotopic (exact) mass is 231 g/mol. The van der Waals surface area contributed by atoms with E-state index in [1.54, 1.807) is 6.20 Å². The van der Waals surface area contributed by atoms with Crippen LogP contribution in [0.5, 0.6) is 0 Å². The number of aromatic nitrogens is 2. The topological polar surface area (TPSA) is 96.9 Å². The first kappa shape index (κ1) is 10.4. The van der Waals surface area contributed by atoms with E-state index in [2.05, 4.69) is 15.3 Å². The van der Waals surface area contributed by atoms with E-state index in [-0.39, 0.29) is 18.2 Å². The van der Waals surface area contributed by atoms with Crippen molar-refractivity contribution in [3.8, 4) is 6.07 Å². The summed E-state index contributed by atoms with van der Waals surface area (Å²) in [6.07, 6.45) is 4.23. The zero-order valence-electron chi connectivity index (χ0n) is 9.21. The second kappa shape index (κ2) is 3.95. The van der Waals surface area contributed by atoms with Gasteiger partial charge in [-0.2, -0.15) is 5.26 Å². The molecule has 0 aromatic carbocycles. The molecule has 1 aromatic heterocycles. The highest BCUT2D eigenvalue weighted by Gasteiger charge is 2.52. The van der Waals surface area contributed by atoms with Crippen LogP contribution in [-0.4, -0.2) is 34.8 Å². The summed E-state index contributed by atoms with van der Waals surface area (Å²) in [5.74, 6) is 0.930. The highest BCUT2D eigenvalue weighted by molar-refractivity contribution is 5.48. The van der Waals surface area contributed by atoms with Gasteiger partial charge >= 0.3 is 0 Å². The van der Waals surface area contributed by atoms with Gasteiger partial charge in [0.15, 0.2) is 11.5 Å². The fourth-order valence-corrected chi connectivity index (χ4v) is 2.61. The van der Waals surface area contributed by atoms with Gasteiger partial charge in [-0.15, -0.1) is 0 Å². The van der Waals surface area contributed by atoms with Crippen LogP contribution in [0.1, 0.15) is 12.1 Å². The smallest absolute Gasteiger partial charge is 0.182 e. The highest BCUT2D eigenvalue weighted by atomic mass is 16.5. The van der Waals surface area contributed by atoms with Gasteiger partial charge in [0.1, 0.15) is 6.07 Å². The number of rotatable bonds is 2. The van der Waals surface area contributed by atoms with Crippen molar-refractivity contribution in [1.82, 2.24) is 9.97 Å². The maximum absolute atomic E-state index is 8.92. The van der Waals surface area contributed by atoms with Crippen molar-refractivity contribution < 1.29 is 4.74 Å². The largest absolute Gasteiger partial charge is 0.376 e. The Morgan fingerprint density at radius 3 is 3.12 bits per heavy atom. The summed E-state index contributed by atoms with van der Waals surface area (Å²) in [6.45, 7) is 0.771. The zero-order valence-corrected chi connectivity index (χ0v) is 9.21. The third-order valence-electron chi connectivity index (χ3n) is 3.55. The Hall–Kier alpha value is -1.71. The van der Waals surface area contributed by atoms with E-state index in [4.69, 9.17) is 15.7 Å². The molecule has 6 nitrogen and oxygen atoms in total. The van der Waals surface area contributed by atoms with Gasteiger partial charge in [-0.3, -0.25) is 0 Å². The van der Waals surface area contributed by atoms with Gasteiger partial charge in [0.25, 0.3) is 0 Å². The molecule has 0 amide bonds. The predicted octanol–water partition coefficient (Wildman–Crippen LogP) is -0.125. The molecule has 1 aliphatic carbocycles. The number of hydrogen-bond donors (Lipinski definition) is 2. The molecule has 0 bridgehead atoms. The molecule has 1 saturated carbocycles. The number of fused-ring (bicyclic) bond motifs is 1. The van der Waals surface area contributed by atoms with Gasteiger partial charge in [-0.25, -0.2) is 9.97 Å². The van der Waals surface area contributed by atoms with Gasteiger partial charge in [-0.05, 0) is 6.42 Å². The molecule has 3 rings (SSSR count). The Balaban J connectivity index is 1.77. The molecular weight excluding hydrogens is 218 g/mol. The summed E-state index contributed by atoms with van der Waals surface area (Å²) in [5.41, 5.74) is 6.37. The molecule has 1 aromatic rings. The number of nitriles is 1. The first-order valence-corrected chi connectivity index (χ1v) is 5.66. The molecule has 17 heavy (non-hydrogen) atoms. The normalized spacial score (nSPS) is 34.6. The third kappa shape index (κ3) is 1.55. The maximum Gasteiger partial charge on any atom is 0.182 e. The Kier molecular flexibility index (Phi) is 2.42. The fourth-order valence-electron chi connectivity index (χ4n) is 2.61. The lowest BCUT2D eigenvalue weighted by atomic mass is 9.72. The van der Waals surface area contributed by atoms with Gasteiger partial charge in [0.2, 0.25) is 0 Å². The Morgan fingerprint density at radius 2 is 2.29 bits per heavy atom. The van der Waals surface area contributed by atoms with E-state index in [9.17, 15) is 0 Å². The van der Waals surface area contributed by atoms with Crippen LogP contribution in [0, 0.1) is 17.2 Å². The number of nitrogens with zero attached hydrogens (tertiary/aromatic N) is 3. The van der Waals surface area contributed by atoms with E-state index in [0.717, 1.165) is 13.0 Å². The molecular formula is C11H13N5O. The van der Waals surface area contributed by atoms with Crippen LogP contribution in [0.2, 0.25) is 0 Å². The fraction of sp³-hybridized carbons (Fsp3) is 0.545. The van der Waals surface area contributed by atoms with Crippen LogP contribution in [0.25, 0.3) is 0 Å². The molecule has 0 spiro atoms. The molecule has 6 heteroatoms. The molecule has 4 unspecified atom stereocenters. The summed E-state index contributed by atoms with van der Waals surface area (Å²) in [6, 6.07) is 2.11.